The van der Waals surface area contributed by atoms with Crippen molar-refractivity contribution >= 4 is 6.47 Å². The number of carbonyl (C=O) groups is 1. The standard InChI is InChI=1S/C8H8O3/c9-5-7-2-1-3-8(4-7)11-6-10/h1-4,6,9H,5H2. The van der Waals surface area contributed by atoms with Gasteiger partial charge in [0, 0.05) is 0 Å². The van der Waals surface area contributed by atoms with Crippen LogP contribution in [-0.2, 0) is 11.4 Å². The number of hydrogen-bond donors (Lipinski definition) is 1. The highest BCUT2D eigenvalue weighted by molar-refractivity contribution is 5.45. The fourth-order valence-corrected chi connectivity index (χ4v) is 0.773. The second kappa shape index (κ2) is 3.73. The van der Waals surface area contributed by atoms with E-state index >= 15 is 0 Å². The zero-order valence-corrected chi connectivity index (χ0v) is 5.86. The smallest absolute Gasteiger partial charge is 0.298 e. The summed E-state index contributed by atoms with van der Waals surface area (Å²) in [4.78, 5) is 9.89. The lowest BCUT2D eigenvalue weighted by Gasteiger charge is -1.98. The molecule has 58 valence electrons. The maximum Gasteiger partial charge on any atom is 0.298 e. The Morgan fingerprint density at radius 2 is 2.36 bits per heavy atom. The molecule has 0 radical (unpaired) electrons. The monoisotopic (exact) mass is 152 g/mol. The third-order valence-corrected chi connectivity index (χ3v) is 1.27. The minimum Gasteiger partial charge on any atom is -0.429 e. The predicted octanol–water partition coefficient (Wildman–Crippen LogP) is 0.714. The van der Waals surface area contributed by atoms with Gasteiger partial charge in [0.15, 0.2) is 0 Å². The van der Waals surface area contributed by atoms with Crippen LogP contribution in [0.3, 0.4) is 0 Å². The molecule has 0 unspecified atom stereocenters. The molecule has 0 heterocycles. The van der Waals surface area contributed by atoms with Gasteiger partial charge in [-0.3, -0.25) is 4.79 Å². The number of aliphatic hydroxyl groups excluding tert-OH is 1. The topological polar surface area (TPSA) is 46.5 Å². The Bertz CT molecular complexity index is 245. The lowest BCUT2D eigenvalue weighted by atomic mass is 10.2. The van der Waals surface area contributed by atoms with Crippen molar-refractivity contribution < 1.29 is 14.6 Å². The summed E-state index contributed by atoms with van der Waals surface area (Å²) in [6.07, 6.45) is 0. The van der Waals surface area contributed by atoms with Crippen molar-refractivity contribution in [1.82, 2.24) is 0 Å². The van der Waals surface area contributed by atoms with Gasteiger partial charge in [-0.1, -0.05) is 12.1 Å². The van der Waals surface area contributed by atoms with E-state index in [9.17, 15) is 4.79 Å². The van der Waals surface area contributed by atoms with E-state index in [1.807, 2.05) is 0 Å². The SMILES string of the molecule is O=COc1cccc(CO)c1. The third kappa shape index (κ3) is 2.05. The molecule has 0 bridgehead atoms. The van der Waals surface area contributed by atoms with Gasteiger partial charge in [0.25, 0.3) is 6.47 Å². The largest absolute Gasteiger partial charge is 0.429 e. The fourth-order valence-electron chi connectivity index (χ4n) is 0.773. The molecular weight excluding hydrogens is 144 g/mol. The van der Waals surface area contributed by atoms with E-state index in [0.29, 0.717) is 12.2 Å². The van der Waals surface area contributed by atoms with E-state index in [1.165, 1.54) is 0 Å². The molecule has 1 aromatic carbocycles. The Kier molecular flexibility index (Phi) is 2.63. The van der Waals surface area contributed by atoms with Crippen LogP contribution in [0, 0.1) is 0 Å². The van der Waals surface area contributed by atoms with Gasteiger partial charge < -0.3 is 9.84 Å². The van der Waals surface area contributed by atoms with Gasteiger partial charge in [-0.05, 0) is 17.7 Å². The number of carbonyl (C=O) groups excluding carboxylic acids is 1. The molecule has 3 nitrogen and oxygen atoms in total. The van der Waals surface area contributed by atoms with Gasteiger partial charge in [-0.15, -0.1) is 0 Å². The van der Waals surface area contributed by atoms with E-state index < -0.39 is 0 Å². The highest BCUT2D eigenvalue weighted by atomic mass is 16.5. The zero-order valence-electron chi connectivity index (χ0n) is 5.86. The normalized spacial score (nSPS) is 9.18. The van der Waals surface area contributed by atoms with E-state index in [-0.39, 0.29) is 6.61 Å². The molecule has 0 aliphatic rings. The van der Waals surface area contributed by atoms with Crippen molar-refractivity contribution in [1.29, 1.82) is 0 Å². The fraction of sp³-hybridized carbons (Fsp3) is 0.125. The predicted molar refractivity (Wildman–Crippen MR) is 39.1 cm³/mol. The summed E-state index contributed by atoms with van der Waals surface area (Å²) in [6.45, 7) is 0.312. The van der Waals surface area contributed by atoms with E-state index in [4.69, 9.17) is 5.11 Å². The Labute approximate surface area is 64.2 Å². The number of benzene rings is 1. The van der Waals surface area contributed by atoms with Crippen LogP contribution in [0.1, 0.15) is 5.56 Å². The van der Waals surface area contributed by atoms with Crippen molar-refractivity contribution in [3.8, 4) is 5.75 Å². The first-order valence-electron chi connectivity index (χ1n) is 3.17. The van der Waals surface area contributed by atoms with Gasteiger partial charge in [0.05, 0.1) is 6.61 Å². The lowest BCUT2D eigenvalue weighted by Crippen LogP contribution is -1.89. The summed E-state index contributed by atoms with van der Waals surface area (Å²) in [5.74, 6) is 0.451. The van der Waals surface area contributed by atoms with E-state index in [0.717, 1.165) is 5.56 Å². The highest BCUT2D eigenvalue weighted by Crippen LogP contribution is 2.11. The quantitative estimate of drug-likeness (QED) is 0.649. The molecule has 0 aromatic heterocycles. The average molecular weight is 152 g/mol. The summed E-state index contributed by atoms with van der Waals surface area (Å²) >= 11 is 0. The van der Waals surface area contributed by atoms with Gasteiger partial charge >= 0.3 is 0 Å². The number of ether oxygens (including phenoxy) is 1. The molecule has 0 saturated carbocycles. The molecule has 11 heavy (non-hydrogen) atoms. The molecule has 1 N–H and O–H groups in total. The Morgan fingerprint density at radius 1 is 1.55 bits per heavy atom. The minimum atomic E-state index is -0.0456. The lowest BCUT2D eigenvalue weighted by molar-refractivity contribution is -0.120. The second-order valence-corrected chi connectivity index (χ2v) is 2.02. The molecule has 0 aliphatic carbocycles. The highest BCUT2D eigenvalue weighted by Gasteiger charge is 1.93. The average Bonchev–Trinajstić information content (AvgIpc) is 2.06. The van der Waals surface area contributed by atoms with Crippen LogP contribution >= 0.6 is 0 Å². The second-order valence-electron chi connectivity index (χ2n) is 2.02. The van der Waals surface area contributed by atoms with Crippen molar-refractivity contribution in [3.63, 3.8) is 0 Å². The van der Waals surface area contributed by atoms with Crippen LogP contribution in [-0.4, -0.2) is 11.6 Å². The van der Waals surface area contributed by atoms with E-state index in [1.54, 1.807) is 24.3 Å². The molecular formula is C8H8O3. The van der Waals surface area contributed by atoms with Gasteiger partial charge in [0.1, 0.15) is 5.75 Å². The molecule has 3 heteroatoms. The van der Waals surface area contributed by atoms with Gasteiger partial charge in [0.2, 0.25) is 0 Å². The molecule has 0 fully saturated rings. The van der Waals surface area contributed by atoms with Gasteiger partial charge in [-0.25, -0.2) is 0 Å². The number of hydrogen-bond acceptors (Lipinski definition) is 3. The Morgan fingerprint density at radius 3 is 3.00 bits per heavy atom. The van der Waals surface area contributed by atoms with Crippen molar-refractivity contribution in [2.45, 2.75) is 6.61 Å². The summed E-state index contributed by atoms with van der Waals surface area (Å²) < 4.78 is 4.56. The minimum absolute atomic E-state index is 0.0456. The summed E-state index contributed by atoms with van der Waals surface area (Å²) in [7, 11) is 0. The first-order chi connectivity index (χ1) is 5.36. The molecule has 0 atom stereocenters. The molecule has 1 rings (SSSR count). The Balaban J connectivity index is 2.82. The van der Waals surface area contributed by atoms with Crippen LogP contribution in [0.4, 0.5) is 0 Å². The first-order valence-corrected chi connectivity index (χ1v) is 3.17. The van der Waals surface area contributed by atoms with Crippen LogP contribution in [0.2, 0.25) is 0 Å². The third-order valence-electron chi connectivity index (χ3n) is 1.27. The first kappa shape index (κ1) is 7.75. The summed E-state index contributed by atoms with van der Waals surface area (Å²) in [5.41, 5.74) is 0.726. The number of aliphatic hydroxyl groups is 1. The molecule has 0 spiro atoms. The van der Waals surface area contributed by atoms with Crippen LogP contribution in [0.25, 0.3) is 0 Å². The number of rotatable bonds is 3. The maximum atomic E-state index is 9.89. The van der Waals surface area contributed by atoms with Gasteiger partial charge in [-0.2, -0.15) is 0 Å². The van der Waals surface area contributed by atoms with Crippen molar-refractivity contribution in [2.75, 3.05) is 0 Å². The van der Waals surface area contributed by atoms with Crippen LogP contribution in [0.15, 0.2) is 24.3 Å². The molecule has 0 aliphatic heterocycles. The Hall–Kier alpha value is -1.35. The van der Waals surface area contributed by atoms with Crippen LogP contribution < -0.4 is 4.74 Å². The molecule has 0 amide bonds. The molecule has 0 saturated heterocycles. The van der Waals surface area contributed by atoms with Crippen molar-refractivity contribution in [3.05, 3.63) is 29.8 Å². The summed E-state index contributed by atoms with van der Waals surface area (Å²) in [5, 5.41) is 8.69. The van der Waals surface area contributed by atoms with E-state index in [2.05, 4.69) is 4.74 Å². The zero-order chi connectivity index (χ0) is 8.10. The van der Waals surface area contributed by atoms with Crippen LogP contribution in [0.5, 0.6) is 5.75 Å². The maximum absolute atomic E-state index is 9.89. The van der Waals surface area contributed by atoms with Crippen molar-refractivity contribution in [2.24, 2.45) is 0 Å². The molecule has 1 aromatic rings. The summed E-state index contributed by atoms with van der Waals surface area (Å²) in [6, 6.07) is 6.71.